The first-order valence-electron chi connectivity index (χ1n) is 3.64. The van der Waals surface area contributed by atoms with E-state index in [9.17, 15) is 0 Å². The van der Waals surface area contributed by atoms with Crippen LogP contribution in [0.4, 0.5) is 0 Å². The molecule has 0 bridgehead atoms. The normalized spacial score (nSPS) is 9.25. The number of rotatable bonds is 4. The molecule has 0 spiro atoms. The summed E-state index contributed by atoms with van der Waals surface area (Å²) in [5.74, 6) is 0.704. The molecular formula is C8H21Na4. The first kappa shape index (κ1) is 29.8. The van der Waals surface area contributed by atoms with E-state index in [1.807, 2.05) is 0 Å². The molecule has 0 saturated carbocycles. The molecule has 1 atom stereocenters. The topological polar surface area (TPSA) is 0 Å². The van der Waals surface area contributed by atoms with Crippen LogP contribution in [0.3, 0.4) is 0 Å². The number of unbranched alkanes of at least 4 members (excludes halogenated alkanes) is 1. The molecule has 0 aliphatic heterocycles. The third-order valence-corrected chi connectivity index (χ3v) is 1.54. The third kappa shape index (κ3) is 23.7. The molecule has 57 valence electrons. The molecule has 0 aromatic heterocycles. The predicted molar refractivity (Wildman–Crippen MR) is 67.3 cm³/mol. The molecule has 0 fully saturated rings. The van der Waals surface area contributed by atoms with E-state index in [1.165, 1.54) is 25.7 Å². The zero-order chi connectivity index (χ0) is 6.41. The standard InChI is InChI=1S/C8H17.4Na.4H/c1-4-6-7-8(3)5-2;;;;;;;;/h8H,3-7H2,1-2H3;;;;;;;;. The van der Waals surface area contributed by atoms with Crippen molar-refractivity contribution in [3.63, 3.8) is 0 Å². The van der Waals surface area contributed by atoms with Gasteiger partial charge in [0.05, 0.1) is 0 Å². The Morgan fingerprint density at radius 1 is 1.00 bits per heavy atom. The summed E-state index contributed by atoms with van der Waals surface area (Å²) >= 11 is 0. The molecule has 0 aromatic carbocycles. The van der Waals surface area contributed by atoms with E-state index in [0.717, 1.165) is 0 Å². The van der Waals surface area contributed by atoms with E-state index in [1.54, 1.807) is 0 Å². The summed E-state index contributed by atoms with van der Waals surface area (Å²) in [5.41, 5.74) is 0. The van der Waals surface area contributed by atoms with E-state index in [2.05, 4.69) is 20.8 Å². The van der Waals surface area contributed by atoms with Crippen molar-refractivity contribution in [1.82, 2.24) is 0 Å². The van der Waals surface area contributed by atoms with Crippen LogP contribution in [0.2, 0.25) is 0 Å². The summed E-state index contributed by atoms with van der Waals surface area (Å²) in [4.78, 5) is 0. The first-order valence-corrected chi connectivity index (χ1v) is 3.64. The Hall–Kier alpha value is 4.00. The molecule has 0 aliphatic carbocycles. The summed E-state index contributed by atoms with van der Waals surface area (Å²) in [6, 6.07) is 0. The second kappa shape index (κ2) is 24.3. The Morgan fingerprint density at radius 3 is 1.67 bits per heavy atom. The van der Waals surface area contributed by atoms with Gasteiger partial charge in [0.25, 0.3) is 0 Å². The van der Waals surface area contributed by atoms with E-state index in [4.69, 9.17) is 0 Å². The van der Waals surface area contributed by atoms with Crippen molar-refractivity contribution in [1.29, 1.82) is 0 Å². The van der Waals surface area contributed by atoms with Crippen LogP contribution in [-0.4, -0.2) is 118 Å². The summed E-state index contributed by atoms with van der Waals surface area (Å²) in [5, 5.41) is 0. The van der Waals surface area contributed by atoms with Gasteiger partial charge in [-0.2, -0.15) is 0 Å². The third-order valence-electron chi connectivity index (χ3n) is 1.54. The van der Waals surface area contributed by atoms with E-state index < -0.39 is 0 Å². The molecule has 1 unspecified atom stereocenters. The summed E-state index contributed by atoms with van der Waals surface area (Å²) in [6.07, 6.45) is 5.21. The van der Waals surface area contributed by atoms with Crippen LogP contribution in [0.1, 0.15) is 39.5 Å². The van der Waals surface area contributed by atoms with Crippen molar-refractivity contribution in [2.45, 2.75) is 39.5 Å². The average molecular weight is 209 g/mol. The van der Waals surface area contributed by atoms with Gasteiger partial charge in [-0.1, -0.05) is 46.5 Å². The second-order valence-corrected chi connectivity index (χ2v) is 2.42. The molecule has 1 radical (unpaired) electrons. The van der Waals surface area contributed by atoms with Gasteiger partial charge in [0.2, 0.25) is 0 Å². The molecule has 12 heavy (non-hydrogen) atoms. The van der Waals surface area contributed by atoms with Crippen molar-refractivity contribution in [3.05, 3.63) is 6.92 Å². The zero-order valence-electron chi connectivity index (χ0n) is 6.11. The Morgan fingerprint density at radius 2 is 1.42 bits per heavy atom. The summed E-state index contributed by atoms with van der Waals surface area (Å²) < 4.78 is 0. The Kier molecular flexibility index (Phi) is 60.2. The number of hydrogen-bond donors (Lipinski definition) is 0. The Bertz CT molecular complexity index is 50.3. The Labute approximate surface area is 167 Å². The van der Waals surface area contributed by atoms with Crippen molar-refractivity contribution < 1.29 is 0 Å². The fraction of sp³-hybridized carbons (Fsp3) is 0.875. The van der Waals surface area contributed by atoms with Crippen molar-refractivity contribution in [2.24, 2.45) is 5.92 Å². The monoisotopic (exact) mass is 209 g/mol. The molecule has 0 saturated heterocycles. The van der Waals surface area contributed by atoms with Crippen molar-refractivity contribution in [2.75, 3.05) is 0 Å². The van der Waals surface area contributed by atoms with Gasteiger partial charge in [-0.05, 0) is 5.92 Å². The van der Waals surface area contributed by atoms with Gasteiger partial charge in [-0.15, -0.1) is 0 Å². The molecule has 0 heterocycles. The van der Waals surface area contributed by atoms with Gasteiger partial charge in [-0.25, -0.2) is 0 Å². The van der Waals surface area contributed by atoms with Gasteiger partial charge < -0.3 is 0 Å². The quantitative estimate of drug-likeness (QED) is 0.589. The molecule has 4 heteroatoms. The van der Waals surface area contributed by atoms with Gasteiger partial charge >= 0.3 is 118 Å². The minimum atomic E-state index is 0. The van der Waals surface area contributed by atoms with Gasteiger partial charge in [0.15, 0.2) is 0 Å². The fourth-order valence-corrected chi connectivity index (χ4v) is 0.697. The molecule has 0 aromatic rings. The minimum absolute atomic E-state index is 0. The van der Waals surface area contributed by atoms with E-state index >= 15 is 0 Å². The summed E-state index contributed by atoms with van der Waals surface area (Å²) in [6.45, 7) is 8.42. The van der Waals surface area contributed by atoms with E-state index in [-0.39, 0.29) is 118 Å². The van der Waals surface area contributed by atoms with Crippen LogP contribution in [0, 0.1) is 12.8 Å². The molecule has 0 amide bonds. The molecule has 0 aliphatic rings. The maximum atomic E-state index is 3.99. The maximum absolute atomic E-state index is 3.99. The molecular weight excluding hydrogens is 188 g/mol. The van der Waals surface area contributed by atoms with Gasteiger partial charge in [0, 0.05) is 0 Å². The van der Waals surface area contributed by atoms with Crippen LogP contribution < -0.4 is 0 Å². The fourth-order valence-electron chi connectivity index (χ4n) is 0.697. The average Bonchev–Trinajstić information content (AvgIpc) is 1.83. The SMILES string of the molecule is [CH2]C(CC)CCCC.[NaH].[NaH].[NaH].[NaH]. The molecule has 0 rings (SSSR count). The van der Waals surface area contributed by atoms with Crippen molar-refractivity contribution >= 4 is 118 Å². The Balaban J connectivity index is -0.0000000408. The van der Waals surface area contributed by atoms with Crippen molar-refractivity contribution in [3.8, 4) is 0 Å². The zero-order valence-corrected chi connectivity index (χ0v) is 6.11. The number of hydrogen-bond acceptors (Lipinski definition) is 0. The van der Waals surface area contributed by atoms with Crippen LogP contribution in [-0.2, 0) is 0 Å². The first-order chi connectivity index (χ1) is 3.81. The van der Waals surface area contributed by atoms with Gasteiger partial charge in [-0.3, -0.25) is 0 Å². The molecule has 0 N–H and O–H groups in total. The van der Waals surface area contributed by atoms with Crippen LogP contribution in [0.25, 0.3) is 0 Å². The van der Waals surface area contributed by atoms with Crippen LogP contribution in [0.15, 0.2) is 0 Å². The second-order valence-electron chi connectivity index (χ2n) is 2.42. The van der Waals surface area contributed by atoms with Crippen LogP contribution in [0.5, 0.6) is 0 Å². The predicted octanol–water partition coefficient (Wildman–Crippen LogP) is 0.443. The summed E-state index contributed by atoms with van der Waals surface area (Å²) in [7, 11) is 0. The van der Waals surface area contributed by atoms with Crippen LogP contribution >= 0.6 is 0 Å². The van der Waals surface area contributed by atoms with E-state index in [0.29, 0.717) is 5.92 Å². The van der Waals surface area contributed by atoms with Gasteiger partial charge in [0.1, 0.15) is 0 Å². The molecule has 0 nitrogen and oxygen atoms in total.